The van der Waals surface area contributed by atoms with E-state index in [0.717, 1.165) is 29.2 Å². The van der Waals surface area contributed by atoms with Crippen molar-refractivity contribution < 1.29 is 0 Å². The Bertz CT molecular complexity index is 519. The number of rotatable bonds is 3. The molecule has 0 radical (unpaired) electrons. The lowest BCUT2D eigenvalue weighted by molar-refractivity contribution is 0.921. The Morgan fingerprint density at radius 1 is 0.889 bits per heavy atom. The second kappa shape index (κ2) is 5.30. The first-order valence-corrected chi connectivity index (χ1v) is 6.53. The van der Waals surface area contributed by atoms with Crippen LogP contribution < -0.4 is 0 Å². The van der Waals surface area contributed by atoms with Gasteiger partial charge in [-0.1, -0.05) is 37.6 Å². The minimum absolute atomic E-state index is 0.832. The Morgan fingerprint density at radius 3 is 1.94 bits per heavy atom. The van der Waals surface area contributed by atoms with E-state index in [1.807, 2.05) is 13.8 Å². The highest BCUT2D eigenvalue weighted by atomic mass is 14.9. The number of aryl methyl sites for hydroxylation is 3. The lowest BCUT2D eigenvalue weighted by Crippen LogP contribution is -1.99. The van der Waals surface area contributed by atoms with Crippen molar-refractivity contribution in [2.45, 2.75) is 40.5 Å². The van der Waals surface area contributed by atoms with Crippen LogP contribution >= 0.6 is 0 Å². The summed E-state index contributed by atoms with van der Waals surface area (Å²) in [4.78, 5) is 9.14. The summed E-state index contributed by atoms with van der Waals surface area (Å²) < 4.78 is 0. The average Bonchev–Trinajstić information content (AvgIpc) is 2.37. The molecule has 1 heterocycles. The van der Waals surface area contributed by atoms with Crippen molar-refractivity contribution in [1.29, 1.82) is 0 Å². The standard InChI is InChI=1S/C16H20N2/c1-5-6-14-7-9-15(10-8-14)16-17-12(3)11(2)13(4)18-16/h7-10H,5-6H2,1-4H3. The number of hydrogen-bond donors (Lipinski definition) is 0. The molecule has 0 saturated carbocycles. The molecule has 0 saturated heterocycles. The van der Waals surface area contributed by atoms with Crippen LogP contribution in [-0.2, 0) is 6.42 Å². The fourth-order valence-electron chi connectivity index (χ4n) is 2.01. The highest BCUT2D eigenvalue weighted by Gasteiger charge is 2.06. The Balaban J connectivity index is 2.36. The molecule has 0 spiro atoms. The molecule has 0 atom stereocenters. The van der Waals surface area contributed by atoms with E-state index in [1.165, 1.54) is 17.5 Å². The van der Waals surface area contributed by atoms with Gasteiger partial charge in [0.25, 0.3) is 0 Å². The minimum atomic E-state index is 0.832. The quantitative estimate of drug-likeness (QED) is 0.809. The van der Waals surface area contributed by atoms with Crippen LogP contribution in [0.15, 0.2) is 24.3 Å². The molecule has 2 aromatic rings. The molecule has 0 bridgehead atoms. The zero-order chi connectivity index (χ0) is 13.1. The van der Waals surface area contributed by atoms with Crippen LogP contribution in [0.3, 0.4) is 0 Å². The van der Waals surface area contributed by atoms with Crippen molar-refractivity contribution in [2.24, 2.45) is 0 Å². The van der Waals surface area contributed by atoms with Gasteiger partial charge >= 0.3 is 0 Å². The van der Waals surface area contributed by atoms with Crippen molar-refractivity contribution in [2.75, 3.05) is 0 Å². The van der Waals surface area contributed by atoms with E-state index in [0.29, 0.717) is 0 Å². The molecular weight excluding hydrogens is 220 g/mol. The molecule has 94 valence electrons. The highest BCUT2D eigenvalue weighted by Crippen LogP contribution is 2.19. The van der Waals surface area contributed by atoms with Crippen LogP contribution in [-0.4, -0.2) is 9.97 Å². The number of benzene rings is 1. The van der Waals surface area contributed by atoms with E-state index in [2.05, 4.69) is 48.1 Å². The molecule has 2 nitrogen and oxygen atoms in total. The molecule has 0 aliphatic rings. The summed E-state index contributed by atoms with van der Waals surface area (Å²) in [6, 6.07) is 8.59. The monoisotopic (exact) mass is 240 g/mol. The number of hydrogen-bond acceptors (Lipinski definition) is 2. The van der Waals surface area contributed by atoms with Gasteiger partial charge in [-0.25, -0.2) is 9.97 Å². The van der Waals surface area contributed by atoms with Gasteiger partial charge in [-0.2, -0.15) is 0 Å². The van der Waals surface area contributed by atoms with Gasteiger partial charge in [0.05, 0.1) is 0 Å². The van der Waals surface area contributed by atoms with E-state index >= 15 is 0 Å². The largest absolute Gasteiger partial charge is 0.233 e. The molecule has 0 N–H and O–H groups in total. The van der Waals surface area contributed by atoms with Crippen molar-refractivity contribution in [1.82, 2.24) is 9.97 Å². The third kappa shape index (κ3) is 2.58. The van der Waals surface area contributed by atoms with Crippen molar-refractivity contribution in [3.63, 3.8) is 0 Å². The lowest BCUT2D eigenvalue weighted by atomic mass is 10.1. The van der Waals surface area contributed by atoms with Gasteiger partial charge in [0.2, 0.25) is 0 Å². The fourth-order valence-corrected chi connectivity index (χ4v) is 2.01. The first-order chi connectivity index (χ1) is 8.61. The number of aromatic nitrogens is 2. The molecule has 2 heteroatoms. The predicted octanol–water partition coefficient (Wildman–Crippen LogP) is 4.02. The topological polar surface area (TPSA) is 25.8 Å². The van der Waals surface area contributed by atoms with Crippen LogP contribution in [0.4, 0.5) is 0 Å². The van der Waals surface area contributed by atoms with Gasteiger partial charge in [0.15, 0.2) is 5.82 Å². The molecule has 0 unspecified atom stereocenters. The van der Waals surface area contributed by atoms with Gasteiger partial charge in [-0.3, -0.25) is 0 Å². The normalized spacial score (nSPS) is 10.7. The van der Waals surface area contributed by atoms with Crippen molar-refractivity contribution in [3.05, 3.63) is 46.8 Å². The van der Waals surface area contributed by atoms with Gasteiger partial charge in [0, 0.05) is 17.0 Å². The van der Waals surface area contributed by atoms with Crippen LogP contribution in [0.2, 0.25) is 0 Å². The summed E-state index contributed by atoms with van der Waals surface area (Å²) >= 11 is 0. The summed E-state index contributed by atoms with van der Waals surface area (Å²) in [7, 11) is 0. The minimum Gasteiger partial charge on any atom is -0.233 e. The fraction of sp³-hybridized carbons (Fsp3) is 0.375. The van der Waals surface area contributed by atoms with Crippen LogP contribution in [0, 0.1) is 20.8 Å². The third-order valence-corrected chi connectivity index (χ3v) is 3.38. The second-order valence-electron chi connectivity index (χ2n) is 4.79. The molecule has 0 aliphatic carbocycles. The summed E-state index contributed by atoms with van der Waals surface area (Å²) in [5.41, 5.74) is 5.79. The Labute approximate surface area is 109 Å². The summed E-state index contributed by atoms with van der Waals surface area (Å²) in [5, 5.41) is 0. The first kappa shape index (κ1) is 12.7. The van der Waals surface area contributed by atoms with Crippen molar-refractivity contribution in [3.8, 4) is 11.4 Å². The Kier molecular flexibility index (Phi) is 3.75. The maximum atomic E-state index is 4.57. The van der Waals surface area contributed by atoms with Crippen LogP contribution in [0.5, 0.6) is 0 Å². The maximum Gasteiger partial charge on any atom is 0.159 e. The van der Waals surface area contributed by atoms with Gasteiger partial charge < -0.3 is 0 Å². The Hall–Kier alpha value is -1.70. The maximum absolute atomic E-state index is 4.57. The van der Waals surface area contributed by atoms with E-state index in [4.69, 9.17) is 0 Å². The zero-order valence-corrected chi connectivity index (χ0v) is 11.6. The molecule has 2 rings (SSSR count). The van der Waals surface area contributed by atoms with Gasteiger partial charge in [-0.15, -0.1) is 0 Å². The van der Waals surface area contributed by atoms with Crippen molar-refractivity contribution >= 4 is 0 Å². The molecule has 0 fully saturated rings. The van der Waals surface area contributed by atoms with Crippen LogP contribution in [0.25, 0.3) is 11.4 Å². The highest BCUT2D eigenvalue weighted by molar-refractivity contribution is 5.56. The Morgan fingerprint density at radius 2 is 1.44 bits per heavy atom. The van der Waals surface area contributed by atoms with E-state index in [9.17, 15) is 0 Å². The van der Waals surface area contributed by atoms with E-state index < -0.39 is 0 Å². The predicted molar refractivity (Wildman–Crippen MR) is 75.7 cm³/mol. The average molecular weight is 240 g/mol. The SMILES string of the molecule is CCCc1ccc(-c2nc(C)c(C)c(C)n2)cc1. The smallest absolute Gasteiger partial charge is 0.159 e. The zero-order valence-electron chi connectivity index (χ0n) is 11.6. The molecule has 0 aliphatic heterocycles. The summed E-state index contributed by atoms with van der Waals surface area (Å²) in [6.45, 7) is 8.35. The molecule has 0 amide bonds. The molecular formula is C16H20N2. The van der Waals surface area contributed by atoms with Gasteiger partial charge in [-0.05, 0) is 38.3 Å². The first-order valence-electron chi connectivity index (χ1n) is 6.53. The summed E-state index contributed by atoms with van der Waals surface area (Å²) in [5.74, 6) is 0.832. The molecule has 1 aromatic heterocycles. The summed E-state index contributed by atoms with van der Waals surface area (Å²) in [6.07, 6.45) is 2.31. The third-order valence-electron chi connectivity index (χ3n) is 3.38. The second-order valence-corrected chi connectivity index (χ2v) is 4.79. The van der Waals surface area contributed by atoms with E-state index in [-0.39, 0.29) is 0 Å². The van der Waals surface area contributed by atoms with Crippen LogP contribution in [0.1, 0.15) is 35.9 Å². The molecule has 18 heavy (non-hydrogen) atoms. The van der Waals surface area contributed by atoms with E-state index in [1.54, 1.807) is 0 Å². The van der Waals surface area contributed by atoms with Gasteiger partial charge in [0.1, 0.15) is 0 Å². The lowest BCUT2D eigenvalue weighted by Gasteiger charge is -2.07. The number of nitrogens with zero attached hydrogens (tertiary/aromatic N) is 2. The molecule has 1 aromatic carbocycles.